The van der Waals surface area contributed by atoms with Crippen molar-refractivity contribution in [1.29, 1.82) is 0 Å². The molecule has 0 atom stereocenters. The molecule has 0 fully saturated rings. The van der Waals surface area contributed by atoms with Crippen molar-refractivity contribution >= 4 is 16.9 Å². The highest BCUT2D eigenvalue weighted by molar-refractivity contribution is 5.89. The van der Waals surface area contributed by atoms with Gasteiger partial charge in [0.2, 0.25) is 0 Å². The van der Waals surface area contributed by atoms with Crippen LogP contribution in [-0.4, -0.2) is 23.7 Å². The zero-order valence-corrected chi connectivity index (χ0v) is 20.5. The van der Waals surface area contributed by atoms with Crippen LogP contribution < -0.4 is 5.32 Å². The van der Waals surface area contributed by atoms with Crippen molar-refractivity contribution in [2.45, 2.75) is 61.1 Å². The number of fused-ring (bicyclic) bond motifs is 3. The lowest BCUT2D eigenvalue weighted by molar-refractivity contribution is 0.0526. The van der Waals surface area contributed by atoms with E-state index in [1.54, 1.807) is 0 Å². The van der Waals surface area contributed by atoms with E-state index < -0.39 is 0 Å². The first kappa shape index (κ1) is 25.4. The zero-order valence-electron chi connectivity index (χ0n) is 20.5. The van der Waals surface area contributed by atoms with Gasteiger partial charge in [0.25, 0.3) is 0 Å². The molecule has 32 heavy (non-hydrogen) atoms. The molecule has 0 unspecified atom stereocenters. The number of rotatable bonds is 4. The Labute approximate surface area is 193 Å². The van der Waals surface area contributed by atoms with Gasteiger partial charge in [0.15, 0.2) is 0 Å². The molecule has 3 aromatic rings. The normalized spacial score (nSPS) is 12.4. The Morgan fingerprint density at radius 1 is 1.09 bits per heavy atom. The van der Waals surface area contributed by atoms with Crippen LogP contribution in [0.5, 0.6) is 0 Å². The smallest absolute Gasteiger partial charge is 0.338 e. The SMILES string of the molecule is C/C=C\C.CC.CCOC(=O)c1ccc(Cn2c3c(c4cc(C)ccc42)CNCC3)cc1. The maximum Gasteiger partial charge on any atom is 0.338 e. The van der Waals surface area contributed by atoms with Gasteiger partial charge in [0.05, 0.1) is 12.2 Å². The quantitative estimate of drug-likeness (QED) is 0.380. The van der Waals surface area contributed by atoms with Gasteiger partial charge < -0.3 is 14.6 Å². The van der Waals surface area contributed by atoms with E-state index in [4.69, 9.17) is 4.74 Å². The summed E-state index contributed by atoms with van der Waals surface area (Å²) >= 11 is 0. The Morgan fingerprint density at radius 2 is 1.78 bits per heavy atom. The van der Waals surface area contributed by atoms with E-state index in [0.717, 1.165) is 26.1 Å². The first-order valence-corrected chi connectivity index (χ1v) is 11.7. The second-order valence-electron chi connectivity index (χ2n) is 7.54. The third kappa shape index (κ3) is 6.10. The van der Waals surface area contributed by atoms with E-state index >= 15 is 0 Å². The maximum absolute atomic E-state index is 11.8. The van der Waals surface area contributed by atoms with Crippen molar-refractivity contribution in [3.05, 3.63) is 82.6 Å². The van der Waals surface area contributed by atoms with E-state index in [1.165, 1.54) is 33.3 Å². The zero-order chi connectivity index (χ0) is 23.5. The van der Waals surface area contributed by atoms with Crippen molar-refractivity contribution in [3.8, 4) is 0 Å². The molecule has 4 nitrogen and oxygen atoms in total. The van der Waals surface area contributed by atoms with Gasteiger partial charge in [-0.05, 0) is 63.1 Å². The fourth-order valence-corrected chi connectivity index (χ4v) is 3.82. The summed E-state index contributed by atoms with van der Waals surface area (Å²) in [4.78, 5) is 11.8. The second-order valence-corrected chi connectivity index (χ2v) is 7.54. The molecule has 0 bridgehead atoms. The summed E-state index contributed by atoms with van der Waals surface area (Å²) < 4.78 is 7.50. The molecule has 1 aliphatic heterocycles. The van der Waals surface area contributed by atoms with Crippen LogP contribution in [0.3, 0.4) is 0 Å². The molecule has 0 saturated carbocycles. The standard InChI is InChI=1S/C22H24N2O2.C4H8.C2H6/c1-3-26-22(25)17-7-5-16(6-8-17)14-24-20-9-4-15(2)12-18(20)19-13-23-11-10-21(19)24;1-3-4-2;1-2/h4-9,12,23H,3,10-11,13-14H2,1-2H3;3-4H,1-2H3;1-2H3/b;4-3-;. The monoisotopic (exact) mass is 434 g/mol. The van der Waals surface area contributed by atoms with Crippen molar-refractivity contribution in [1.82, 2.24) is 9.88 Å². The molecule has 4 rings (SSSR count). The fourth-order valence-electron chi connectivity index (χ4n) is 3.82. The number of ether oxygens (including phenoxy) is 1. The van der Waals surface area contributed by atoms with E-state index in [-0.39, 0.29) is 5.97 Å². The van der Waals surface area contributed by atoms with E-state index in [1.807, 2.05) is 71.0 Å². The molecule has 0 aliphatic carbocycles. The Kier molecular flexibility index (Phi) is 10.2. The summed E-state index contributed by atoms with van der Waals surface area (Å²) in [6.45, 7) is 15.1. The predicted molar refractivity (Wildman–Crippen MR) is 135 cm³/mol. The number of nitrogens with zero attached hydrogens (tertiary/aromatic N) is 1. The van der Waals surface area contributed by atoms with Gasteiger partial charge in [-0.1, -0.05) is 49.8 Å². The minimum absolute atomic E-state index is 0.260. The van der Waals surface area contributed by atoms with Crippen LogP contribution in [0.2, 0.25) is 0 Å². The van der Waals surface area contributed by atoms with Gasteiger partial charge in [0.1, 0.15) is 0 Å². The lowest BCUT2D eigenvalue weighted by atomic mass is 10.0. The van der Waals surface area contributed by atoms with Gasteiger partial charge in [-0.15, -0.1) is 0 Å². The summed E-state index contributed by atoms with van der Waals surface area (Å²) in [6, 6.07) is 14.5. The molecule has 0 spiro atoms. The lowest BCUT2D eigenvalue weighted by Crippen LogP contribution is -2.24. The highest BCUT2D eigenvalue weighted by atomic mass is 16.5. The molecule has 1 aliphatic rings. The number of benzene rings is 2. The molecule has 0 radical (unpaired) electrons. The molecule has 0 amide bonds. The van der Waals surface area contributed by atoms with Crippen LogP contribution in [-0.2, 0) is 24.2 Å². The average Bonchev–Trinajstić information content (AvgIpc) is 3.14. The number of allylic oxidation sites excluding steroid dienone is 2. The van der Waals surface area contributed by atoms with Crippen LogP contribution in [0, 0.1) is 6.92 Å². The van der Waals surface area contributed by atoms with Crippen molar-refractivity contribution in [2.75, 3.05) is 13.2 Å². The minimum atomic E-state index is -0.260. The Hall–Kier alpha value is -2.85. The van der Waals surface area contributed by atoms with E-state index in [2.05, 4.69) is 35.0 Å². The van der Waals surface area contributed by atoms with Gasteiger partial charge >= 0.3 is 5.97 Å². The van der Waals surface area contributed by atoms with Crippen LogP contribution in [0.15, 0.2) is 54.6 Å². The third-order valence-corrected chi connectivity index (χ3v) is 5.42. The number of carbonyl (C=O) groups is 1. The second kappa shape index (κ2) is 12.9. The molecular formula is C28H38N2O2. The van der Waals surface area contributed by atoms with Crippen LogP contribution in [0.1, 0.15) is 67.4 Å². The van der Waals surface area contributed by atoms with Crippen molar-refractivity contribution in [2.24, 2.45) is 0 Å². The average molecular weight is 435 g/mol. The molecule has 2 heterocycles. The first-order chi connectivity index (χ1) is 15.6. The summed E-state index contributed by atoms with van der Waals surface area (Å²) in [5.74, 6) is -0.260. The molecule has 1 N–H and O–H groups in total. The van der Waals surface area contributed by atoms with E-state index in [0.29, 0.717) is 12.2 Å². The Balaban J connectivity index is 0.000000547. The van der Waals surface area contributed by atoms with Crippen LogP contribution in [0.25, 0.3) is 10.9 Å². The summed E-state index contributed by atoms with van der Waals surface area (Å²) in [5, 5.41) is 4.85. The number of hydrogen-bond donors (Lipinski definition) is 1. The number of aryl methyl sites for hydroxylation is 1. The summed E-state index contributed by atoms with van der Waals surface area (Å²) in [7, 11) is 0. The topological polar surface area (TPSA) is 43.3 Å². The number of aromatic nitrogens is 1. The molecule has 0 saturated heterocycles. The number of nitrogens with one attached hydrogen (secondary N) is 1. The lowest BCUT2D eigenvalue weighted by Gasteiger charge is -2.17. The van der Waals surface area contributed by atoms with Crippen molar-refractivity contribution < 1.29 is 9.53 Å². The molecule has 4 heteroatoms. The molecule has 1 aromatic heterocycles. The van der Waals surface area contributed by atoms with Gasteiger partial charge in [-0.2, -0.15) is 0 Å². The molecule has 172 valence electrons. The van der Waals surface area contributed by atoms with Gasteiger partial charge in [0, 0.05) is 42.7 Å². The van der Waals surface area contributed by atoms with E-state index in [9.17, 15) is 4.79 Å². The van der Waals surface area contributed by atoms with Crippen LogP contribution in [0.4, 0.5) is 0 Å². The fraction of sp³-hybridized carbons (Fsp3) is 0.393. The van der Waals surface area contributed by atoms with Crippen molar-refractivity contribution in [3.63, 3.8) is 0 Å². The highest BCUT2D eigenvalue weighted by Gasteiger charge is 2.20. The predicted octanol–water partition coefficient (Wildman–Crippen LogP) is 6.43. The Bertz CT molecular complexity index is 1030. The van der Waals surface area contributed by atoms with Gasteiger partial charge in [-0.25, -0.2) is 4.79 Å². The Morgan fingerprint density at radius 3 is 2.41 bits per heavy atom. The molecule has 2 aromatic carbocycles. The number of hydrogen-bond acceptors (Lipinski definition) is 3. The summed E-state index contributed by atoms with van der Waals surface area (Å²) in [5.41, 5.74) is 7.24. The molecular weight excluding hydrogens is 396 g/mol. The minimum Gasteiger partial charge on any atom is -0.462 e. The largest absolute Gasteiger partial charge is 0.462 e. The number of carbonyl (C=O) groups excluding carboxylic acids is 1. The third-order valence-electron chi connectivity index (χ3n) is 5.42. The maximum atomic E-state index is 11.8. The highest BCUT2D eigenvalue weighted by Crippen LogP contribution is 2.30. The first-order valence-electron chi connectivity index (χ1n) is 11.7. The summed E-state index contributed by atoms with van der Waals surface area (Å²) in [6.07, 6.45) is 5.05. The van der Waals surface area contributed by atoms with Gasteiger partial charge in [-0.3, -0.25) is 0 Å². The van der Waals surface area contributed by atoms with Crippen LogP contribution >= 0.6 is 0 Å². The number of esters is 1.